The highest BCUT2D eigenvalue weighted by Gasteiger charge is 2.15. The molecule has 0 bridgehead atoms. The first-order valence-electron chi connectivity index (χ1n) is 6.07. The molecule has 0 amide bonds. The molecule has 0 aliphatic heterocycles. The predicted molar refractivity (Wildman–Crippen MR) is 78.6 cm³/mol. The molecule has 0 N–H and O–H groups in total. The van der Waals surface area contributed by atoms with E-state index in [1.807, 2.05) is 0 Å². The average molecular weight is 294 g/mol. The van der Waals surface area contributed by atoms with Crippen molar-refractivity contribution in [2.24, 2.45) is 0 Å². The van der Waals surface area contributed by atoms with Crippen LogP contribution in [0.2, 0.25) is 0 Å². The van der Waals surface area contributed by atoms with Gasteiger partial charge in [-0.1, -0.05) is 0 Å². The molecule has 0 unspecified atom stereocenters. The lowest BCUT2D eigenvalue weighted by atomic mass is 10.1. The Morgan fingerprint density at radius 1 is 1.25 bits per heavy atom. The maximum atomic E-state index is 11.0. The van der Waals surface area contributed by atoms with Gasteiger partial charge in [-0.15, -0.1) is 0 Å². The van der Waals surface area contributed by atoms with E-state index in [-0.39, 0.29) is 5.69 Å². The van der Waals surface area contributed by atoms with Gasteiger partial charge in [-0.25, -0.2) is 0 Å². The number of thiol groups is 1. The normalized spacial score (nSPS) is 10.7. The second-order valence-corrected chi connectivity index (χ2v) is 4.37. The number of hydrogen-bond acceptors (Lipinski definition) is 6. The average Bonchev–Trinajstić information content (AvgIpc) is 2.46. The summed E-state index contributed by atoms with van der Waals surface area (Å²) in [6.07, 6.45) is 1.58. The van der Waals surface area contributed by atoms with Crippen molar-refractivity contribution in [2.75, 3.05) is 25.6 Å². The summed E-state index contributed by atoms with van der Waals surface area (Å²) < 4.78 is 10.8. The molecular weight excluding hydrogens is 280 g/mol. The molecular formula is C13H14N2O4S. The summed E-state index contributed by atoms with van der Waals surface area (Å²) in [5.74, 6) is 1.17. The van der Waals surface area contributed by atoms with E-state index in [0.717, 1.165) is 0 Å². The molecule has 6 nitrogen and oxygen atoms in total. The van der Waals surface area contributed by atoms with Gasteiger partial charge in [-0.2, -0.15) is 12.6 Å². The van der Waals surface area contributed by atoms with Gasteiger partial charge in [0.25, 0.3) is 5.69 Å². The molecule has 2 rings (SSSR count). The Labute approximate surface area is 121 Å². The van der Waals surface area contributed by atoms with E-state index < -0.39 is 4.92 Å². The molecule has 1 heterocycles. The molecule has 0 aliphatic rings. The zero-order valence-corrected chi connectivity index (χ0v) is 11.6. The number of benzene rings is 1. The van der Waals surface area contributed by atoms with Gasteiger partial charge in [0.2, 0.25) is 0 Å². The predicted octanol–water partition coefficient (Wildman–Crippen LogP) is 2.47. The van der Waals surface area contributed by atoms with E-state index in [4.69, 9.17) is 9.47 Å². The number of nitrogens with zero attached hydrogens (tertiary/aromatic N) is 2. The number of nitro groups is 1. The van der Waals surface area contributed by atoms with Crippen LogP contribution >= 0.6 is 12.6 Å². The fourth-order valence-electron chi connectivity index (χ4n) is 1.78. The Balaban J connectivity index is 2.18. The van der Waals surface area contributed by atoms with Crippen LogP contribution in [0.3, 0.4) is 0 Å². The van der Waals surface area contributed by atoms with Crippen LogP contribution in [0.15, 0.2) is 30.5 Å². The summed E-state index contributed by atoms with van der Waals surface area (Å²) in [7, 11) is 0. The summed E-state index contributed by atoms with van der Waals surface area (Å²) in [4.78, 5) is 14.7. The standard InChI is InChI=1S/C13H14N2O4S/c16-15(17)11-3-4-12(19-7-6-18-8-9-20)13-10(11)2-1-5-14-13/h1-5,20H,6-9H2. The molecule has 20 heavy (non-hydrogen) atoms. The third-order valence-corrected chi connectivity index (χ3v) is 2.81. The number of non-ortho nitro benzene ring substituents is 1. The maximum Gasteiger partial charge on any atom is 0.279 e. The Hall–Kier alpha value is -1.86. The van der Waals surface area contributed by atoms with E-state index in [0.29, 0.717) is 42.2 Å². The number of fused-ring (bicyclic) bond motifs is 1. The second kappa shape index (κ2) is 7.06. The topological polar surface area (TPSA) is 74.5 Å². The van der Waals surface area contributed by atoms with Gasteiger partial charge in [0.15, 0.2) is 0 Å². The molecule has 7 heteroatoms. The number of rotatable bonds is 7. The molecule has 0 spiro atoms. The minimum atomic E-state index is -0.427. The lowest BCUT2D eigenvalue weighted by molar-refractivity contribution is -0.383. The van der Waals surface area contributed by atoms with Gasteiger partial charge >= 0.3 is 0 Å². The fourth-order valence-corrected chi connectivity index (χ4v) is 1.91. The van der Waals surface area contributed by atoms with Gasteiger partial charge in [0.05, 0.1) is 23.5 Å². The largest absolute Gasteiger partial charge is 0.489 e. The van der Waals surface area contributed by atoms with Gasteiger partial charge in [0, 0.05) is 18.0 Å². The molecule has 0 radical (unpaired) electrons. The Morgan fingerprint density at radius 2 is 2.10 bits per heavy atom. The van der Waals surface area contributed by atoms with Crippen LogP contribution in [0.1, 0.15) is 0 Å². The van der Waals surface area contributed by atoms with Crippen molar-refractivity contribution in [2.45, 2.75) is 0 Å². The van der Waals surface area contributed by atoms with Crippen LogP contribution in [0.4, 0.5) is 5.69 Å². The summed E-state index contributed by atoms with van der Waals surface area (Å²) in [5, 5.41) is 11.4. The molecule has 0 fully saturated rings. The summed E-state index contributed by atoms with van der Waals surface area (Å²) >= 11 is 4.03. The highest BCUT2D eigenvalue weighted by atomic mass is 32.1. The fraction of sp³-hybridized carbons (Fsp3) is 0.308. The van der Waals surface area contributed by atoms with Crippen LogP contribution in [-0.4, -0.2) is 35.5 Å². The number of aromatic nitrogens is 1. The molecule has 1 aromatic carbocycles. The Bertz CT molecular complexity index is 606. The molecule has 0 saturated carbocycles. The third kappa shape index (κ3) is 3.37. The lowest BCUT2D eigenvalue weighted by Gasteiger charge is -2.09. The minimum absolute atomic E-state index is 0.0202. The SMILES string of the molecule is O=[N+]([O-])c1ccc(OCCOCCS)c2ncccc12. The van der Waals surface area contributed by atoms with E-state index in [9.17, 15) is 10.1 Å². The van der Waals surface area contributed by atoms with Crippen LogP contribution in [0, 0.1) is 10.1 Å². The summed E-state index contributed by atoms with van der Waals surface area (Å²) in [6.45, 7) is 1.36. The molecule has 2 aromatic rings. The van der Waals surface area contributed by atoms with E-state index >= 15 is 0 Å². The first-order valence-corrected chi connectivity index (χ1v) is 6.71. The van der Waals surface area contributed by atoms with Crippen molar-refractivity contribution in [3.05, 3.63) is 40.6 Å². The number of hydrogen-bond donors (Lipinski definition) is 1. The van der Waals surface area contributed by atoms with Crippen LogP contribution in [0.25, 0.3) is 10.9 Å². The van der Waals surface area contributed by atoms with Gasteiger partial charge in [0.1, 0.15) is 17.9 Å². The highest BCUT2D eigenvalue weighted by molar-refractivity contribution is 7.80. The Morgan fingerprint density at radius 3 is 2.85 bits per heavy atom. The lowest BCUT2D eigenvalue weighted by Crippen LogP contribution is -2.08. The molecule has 1 aromatic heterocycles. The van der Waals surface area contributed by atoms with Crippen molar-refractivity contribution in [1.82, 2.24) is 4.98 Å². The van der Waals surface area contributed by atoms with Gasteiger partial charge < -0.3 is 9.47 Å². The Kier molecular flexibility index (Phi) is 5.14. The van der Waals surface area contributed by atoms with Crippen molar-refractivity contribution in [3.63, 3.8) is 0 Å². The van der Waals surface area contributed by atoms with Crippen molar-refractivity contribution in [1.29, 1.82) is 0 Å². The monoisotopic (exact) mass is 294 g/mol. The third-order valence-electron chi connectivity index (χ3n) is 2.63. The minimum Gasteiger partial charge on any atom is -0.489 e. The second-order valence-electron chi connectivity index (χ2n) is 3.92. The smallest absolute Gasteiger partial charge is 0.279 e. The maximum absolute atomic E-state index is 11.0. The summed E-state index contributed by atoms with van der Waals surface area (Å²) in [6, 6.07) is 6.31. The van der Waals surface area contributed by atoms with E-state index in [2.05, 4.69) is 17.6 Å². The first kappa shape index (κ1) is 14.5. The zero-order chi connectivity index (χ0) is 14.4. The quantitative estimate of drug-likeness (QED) is 0.367. The summed E-state index contributed by atoms with van der Waals surface area (Å²) in [5.41, 5.74) is 0.502. The van der Waals surface area contributed by atoms with Crippen LogP contribution in [0.5, 0.6) is 5.75 Å². The number of pyridine rings is 1. The van der Waals surface area contributed by atoms with E-state index in [1.165, 1.54) is 6.07 Å². The zero-order valence-electron chi connectivity index (χ0n) is 10.7. The van der Waals surface area contributed by atoms with Crippen molar-refractivity contribution in [3.8, 4) is 5.75 Å². The van der Waals surface area contributed by atoms with Crippen molar-refractivity contribution < 1.29 is 14.4 Å². The molecule has 0 atom stereocenters. The van der Waals surface area contributed by atoms with Gasteiger partial charge in [-0.3, -0.25) is 15.1 Å². The number of nitro benzene ring substituents is 1. The molecule has 0 aliphatic carbocycles. The van der Waals surface area contributed by atoms with Gasteiger partial charge in [-0.05, 0) is 18.2 Å². The molecule has 106 valence electrons. The van der Waals surface area contributed by atoms with E-state index in [1.54, 1.807) is 24.4 Å². The van der Waals surface area contributed by atoms with Crippen molar-refractivity contribution >= 4 is 29.2 Å². The highest BCUT2D eigenvalue weighted by Crippen LogP contribution is 2.31. The first-order chi connectivity index (χ1) is 9.74. The molecule has 0 saturated heterocycles. The number of ether oxygens (including phenoxy) is 2. The van der Waals surface area contributed by atoms with Crippen LogP contribution in [-0.2, 0) is 4.74 Å². The van der Waals surface area contributed by atoms with Crippen LogP contribution < -0.4 is 4.74 Å².